The second kappa shape index (κ2) is 12.9. The quantitative estimate of drug-likeness (QED) is 0.171. The summed E-state index contributed by atoms with van der Waals surface area (Å²) in [6.07, 6.45) is 0. The zero-order valence-corrected chi connectivity index (χ0v) is 30.8. The first kappa shape index (κ1) is 33.4. The Labute approximate surface area is 306 Å². The minimum absolute atomic E-state index is 0.0270. The number of fused-ring (bicyclic) bond motifs is 7. The van der Waals surface area contributed by atoms with Gasteiger partial charge in [0.2, 0.25) is 0 Å². The molecule has 258 valence electrons. The highest BCUT2D eigenvalue weighted by Crippen LogP contribution is 2.61. The Morgan fingerprint density at radius 2 is 0.698 bits per heavy atom. The Morgan fingerprint density at radius 3 is 1.02 bits per heavy atom. The van der Waals surface area contributed by atoms with Gasteiger partial charge in [0.1, 0.15) is 0 Å². The smallest absolute Gasteiger partial charge is 0.394 e. The van der Waals surface area contributed by atoms with Gasteiger partial charge in [0, 0.05) is 32.3 Å². The van der Waals surface area contributed by atoms with Crippen LogP contribution in [0.1, 0.15) is 0 Å². The monoisotopic (exact) mass is 748 g/mol. The lowest BCUT2D eigenvalue weighted by Crippen LogP contribution is -2.26. The van der Waals surface area contributed by atoms with Crippen LogP contribution < -0.4 is 40.9 Å². The van der Waals surface area contributed by atoms with Crippen LogP contribution in [0.4, 0.5) is 0 Å². The number of phosphoric ester groups is 1. The van der Waals surface area contributed by atoms with Gasteiger partial charge in [0.25, 0.3) is 0 Å². The zero-order chi connectivity index (χ0) is 36.2. The average molecular weight is 749 g/mol. The first-order chi connectivity index (χ1) is 25.8. The molecule has 6 nitrogen and oxygen atoms in total. The van der Waals surface area contributed by atoms with Crippen molar-refractivity contribution in [1.29, 1.82) is 0 Å². The molecular weight excluding hydrogens is 717 g/mol. The molecule has 0 aromatic heterocycles. The van der Waals surface area contributed by atoms with E-state index in [1.54, 1.807) is 60.7 Å². The zero-order valence-electron chi connectivity index (χ0n) is 28.2. The molecule has 53 heavy (non-hydrogen) atoms. The highest BCUT2D eigenvalue weighted by atomic mass is 31.2. The largest absolute Gasteiger partial charge is 0.584 e. The predicted octanol–water partition coefficient (Wildman–Crippen LogP) is 8.81. The third-order valence-corrected chi connectivity index (χ3v) is 16.7. The third-order valence-electron chi connectivity index (χ3n) is 9.79. The molecule has 0 radical (unpaired) electrons. The first-order valence-electron chi connectivity index (χ1n) is 17.1. The van der Waals surface area contributed by atoms with Gasteiger partial charge in [-0.15, -0.1) is 0 Å². The van der Waals surface area contributed by atoms with Crippen molar-refractivity contribution >= 4 is 75.5 Å². The van der Waals surface area contributed by atoms with Gasteiger partial charge >= 0.3 is 7.82 Å². The van der Waals surface area contributed by atoms with E-state index in [1.165, 1.54) is 0 Å². The van der Waals surface area contributed by atoms with Crippen molar-refractivity contribution in [2.75, 3.05) is 0 Å². The lowest BCUT2D eigenvalue weighted by Gasteiger charge is -2.25. The van der Waals surface area contributed by atoms with Gasteiger partial charge in [0.05, 0.1) is 10.6 Å². The highest BCUT2D eigenvalue weighted by Gasteiger charge is 2.44. The van der Waals surface area contributed by atoms with E-state index in [0.717, 1.165) is 10.8 Å². The number of hydrogen-bond donors (Lipinski definition) is 1. The van der Waals surface area contributed by atoms with Crippen LogP contribution in [0.2, 0.25) is 0 Å². The van der Waals surface area contributed by atoms with Crippen molar-refractivity contribution < 1.29 is 27.6 Å². The molecule has 9 rings (SSSR count). The van der Waals surface area contributed by atoms with Crippen LogP contribution in [0, 0.1) is 0 Å². The number of benzene rings is 8. The van der Waals surface area contributed by atoms with Gasteiger partial charge < -0.3 is 18.2 Å². The first-order valence-corrected chi connectivity index (χ1v) is 22.0. The van der Waals surface area contributed by atoms with Gasteiger partial charge in [-0.2, -0.15) is 0 Å². The van der Waals surface area contributed by atoms with E-state index in [0.29, 0.717) is 43.1 Å². The Kier molecular flexibility index (Phi) is 8.11. The molecule has 0 saturated carbocycles. The van der Waals surface area contributed by atoms with E-state index in [4.69, 9.17) is 9.05 Å². The fourth-order valence-electron chi connectivity index (χ4n) is 7.43. The fraction of sp³-hybridized carbons (Fsp3) is 0. The standard InChI is InChI=1S/C44H31O6P3/c45-51(33-19-5-1-6-20-33,34-21-7-2-8-22-34)39-29-31-17-13-15-27-37(31)41-42-38-28-16-14-18-32(38)30-40(44(42)50-53(47,48)49-43(39)41)52(46,35-23-9-3-10-24-35)36-25-11-4-12-26-36/h1-30H,(H,47,48). The maximum atomic E-state index is 16.1. The topological polar surface area (TPSA) is 89.9 Å². The molecule has 0 fully saturated rings. The highest BCUT2D eigenvalue weighted by molar-refractivity contribution is 7.86. The van der Waals surface area contributed by atoms with E-state index in [9.17, 15) is 9.46 Å². The number of phosphoric acid groups is 1. The molecule has 1 aliphatic rings. The predicted molar refractivity (Wildman–Crippen MR) is 217 cm³/mol. The molecular formula is C44H31O6P3. The van der Waals surface area contributed by atoms with Crippen molar-refractivity contribution in [3.8, 4) is 22.6 Å². The molecule has 1 aliphatic heterocycles. The molecule has 1 N–H and O–H groups in total. The van der Waals surface area contributed by atoms with Crippen molar-refractivity contribution in [1.82, 2.24) is 0 Å². The average Bonchev–Trinajstić information content (AvgIpc) is 3.34. The van der Waals surface area contributed by atoms with E-state index in [2.05, 4.69) is 0 Å². The van der Waals surface area contributed by atoms with Gasteiger partial charge in [-0.05, 0) is 33.7 Å². The van der Waals surface area contributed by atoms with Crippen LogP contribution in [0.5, 0.6) is 11.5 Å². The molecule has 0 aliphatic carbocycles. The van der Waals surface area contributed by atoms with Crippen LogP contribution in [-0.2, 0) is 13.7 Å². The summed E-state index contributed by atoms with van der Waals surface area (Å²) in [5.41, 5.74) is 0.857. The molecule has 9 heteroatoms. The van der Waals surface area contributed by atoms with Gasteiger partial charge in [-0.3, -0.25) is 4.89 Å². The van der Waals surface area contributed by atoms with E-state index in [1.807, 2.05) is 121 Å². The number of hydrogen-bond acceptors (Lipinski definition) is 5. The minimum atomic E-state index is -5.05. The fourth-order valence-corrected chi connectivity index (χ4v) is 14.1. The van der Waals surface area contributed by atoms with Crippen molar-refractivity contribution in [2.24, 2.45) is 0 Å². The van der Waals surface area contributed by atoms with E-state index >= 15 is 9.13 Å². The molecule has 0 saturated heterocycles. The van der Waals surface area contributed by atoms with Crippen molar-refractivity contribution in [2.45, 2.75) is 0 Å². The molecule has 0 bridgehead atoms. The molecule has 0 unspecified atom stereocenters. The molecule has 1 heterocycles. The lowest BCUT2D eigenvalue weighted by atomic mass is 9.92. The summed E-state index contributed by atoms with van der Waals surface area (Å²) in [6.45, 7) is 0. The molecule has 0 atom stereocenters. The van der Waals surface area contributed by atoms with Gasteiger partial charge in [0.15, 0.2) is 25.8 Å². The summed E-state index contributed by atoms with van der Waals surface area (Å²) < 4.78 is 59.1. The van der Waals surface area contributed by atoms with Gasteiger partial charge in [-0.1, -0.05) is 170 Å². The summed E-state index contributed by atoms with van der Waals surface area (Å²) in [5.74, 6) is -0.0539. The summed E-state index contributed by atoms with van der Waals surface area (Å²) in [5, 5.41) is 5.45. The summed E-state index contributed by atoms with van der Waals surface area (Å²) in [6, 6.07) is 55.3. The maximum absolute atomic E-state index is 16.1. The molecule has 8 aromatic carbocycles. The Balaban J connectivity index is 1.50. The summed E-state index contributed by atoms with van der Waals surface area (Å²) in [4.78, 5) is 11.8. The van der Waals surface area contributed by atoms with Crippen LogP contribution >= 0.6 is 22.1 Å². The third kappa shape index (κ3) is 5.42. The molecule has 0 amide bonds. The van der Waals surface area contributed by atoms with E-state index < -0.39 is 22.1 Å². The second-order valence-corrected chi connectivity index (χ2v) is 19.6. The maximum Gasteiger partial charge on any atom is 0.584 e. The SMILES string of the molecule is O=P1(O)Oc2c(P(=O)(c3ccccc3)c3ccccc3)cc3ccccc3c2-c2c(c(P(=O)(c3ccccc3)c3ccccc3)cc3ccccc23)O1. The van der Waals surface area contributed by atoms with E-state index in [-0.39, 0.29) is 22.1 Å². The normalized spacial score (nSPS) is 13.7. The van der Waals surface area contributed by atoms with Crippen LogP contribution in [-0.4, -0.2) is 4.89 Å². The Bertz CT molecular complexity index is 2550. The van der Waals surface area contributed by atoms with Crippen molar-refractivity contribution in [3.63, 3.8) is 0 Å². The summed E-state index contributed by atoms with van der Waals surface area (Å²) in [7, 11) is -12.6. The van der Waals surface area contributed by atoms with Crippen molar-refractivity contribution in [3.05, 3.63) is 182 Å². The van der Waals surface area contributed by atoms with Gasteiger partial charge in [-0.25, -0.2) is 4.57 Å². The van der Waals surface area contributed by atoms with Crippen LogP contribution in [0.3, 0.4) is 0 Å². The second-order valence-electron chi connectivity index (χ2n) is 12.9. The molecule has 0 spiro atoms. The minimum Gasteiger partial charge on any atom is -0.394 e. The van der Waals surface area contributed by atoms with Crippen LogP contribution in [0.15, 0.2) is 182 Å². The number of rotatable bonds is 6. The summed E-state index contributed by atoms with van der Waals surface area (Å²) >= 11 is 0. The molecule has 8 aromatic rings. The Morgan fingerprint density at radius 1 is 0.415 bits per heavy atom. The van der Waals surface area contributed by atoms with Crippen LogP contribution in [0.25, 0.3) is 32.7 Å². The Hall–Kier alpha value is -5.47. The lowest BCUT2D eigenvalue weighted by molar-refractivity contribution is 0.296.